The second-order valence-corrected chi connectivity index (χ2v) is 6.44. The van der Waals surface area contributed by atoms with Crippen molar-refractivity contribution in [1.82, 2.24) is 0 Å². The van der Waals surface area contributed by atoms with E-state index in [0.717, 1.165) is 18.3 Å². The van der Waals surface area contributed by atoms with Crippen molar-refractivity contribution in [2.24, 2.45) is 17.6 Å². The van der Waals surface area contributed by atoms with Crippen molar-refractivity contribution in [2.75, 3.05) is 0 Å². The molecule has 3 unspecified atom stereocenters. The second kappa shape index (κ2) is 6.56. The van der Waals surface area contributed by atoms with E-state index < -0.39 is 0 Å². The van der Waals surface area contributed by atoms with Gasteiger partial charge in [0.15, 0.2) is 0 Å². The van der Waals surface area contributed by atoms with E-state index in [4.69, 9.17) is 5.73 Å². The molecule has 1 heteroatoms. The molecular weight excluding hydrogens is 230 g/mol. The lowest BCUT2D eigenvalue weighted by molar-refractivity contribution is 0.228. The molecular formula is C18H29N. The molecule has 2 N–H and O–H groups in total. The Kier molecular flexibility index (Phi) is 5.04. The minimum atomic E-state index is 0.342. The number of hydrogen-bond donors (Lipinski definition) is 1. The van der Waals surface area contributed by atoms with Gasteiger partial charge in [-0.25, -0.2) is 0 Å². The maximum atomic E-state index is 6.54. The van der Waals surface area contributed by atoms with Gasteiger partial charge >= 0.3 is 0 Å². The fourth-order valence-corrected chi connectivity index (χ4v) is 3.67. The van der Waals surface area contributed by atoms with E-state index in [-0.39, 0.29) is 0 Å². The summed E-state index contributed by atoms with van der Waals surface area (Å²) in [6.45, 7) is 6.75. The van der Waals surface area contributed by atoms with Crippen LogP contribution in [0.3, 0.4) is 0 Å². The number of benzene rings is 1. The van der Waals surface area contributed by atoms with Gasteiger partial charge in [-0.05, 0) is 61.6 Å². The summed E-state index contributed by atoms with van der Waals surface area (Å²) in [5, 5.41) is 0. The summed E-state index contributed by atoms with van der Waals surface area (Å²) in [5.41, 5.74) is 10.8. The molecule has 0 amide bonds. The lowest BCUT2D eigenvalue weighted by atomic mass is 9.75. The maximum absolute atomic E-state index is 6.54. The highest BCUT2D eigenvalue weighted by molar-refractivity contribution is 5.34. The van der Waals surface area contributed by atoms with E-state index in [1.54, 1.807) is 0 Å². The van der Waals surface area contributed by atoms with Gasteiger partial charge in [-0.15, -0.1) is 0 Å². The van der Waals surface area contributed by atoms with Crippen molar-refractivity contribution in [3.8, 4) is 0 Å². The largest absolute Gasteiger partial charge is 0.327 e. The standard InChI is InChI=1S/C18H29N/c1-4-15-9-6-10-16(11-15)18(19)12-17-13(2)7-5-8-14(17)3/h5,7-8,15-16,18H,4,6,9-12,19H2,1-3H3. The molecule has 19 heavy (non-hydrogen) atoms. The van der Waals surface area contributed by atoms with Crippen LogP contribution in [0.2, 0.25) is 0 Å². The minimum Gasteiger partial charge on any atom is -0.327 e. The predicted octanol–water partition coefficient (Wildman–Crippen LogP) is 4.39. The molecule has 1 aromatic carbocycles. The molecule has 1 aromatic rings. The Hall–Kier alpha value is -0.820. The highest BCUT2D eigenvalue weighted by atomic mass is 14.7. The van der Waals surface area contributed by atoms with Crippen molar-refractivity contribution in [1.29, 1.82) is 0 Å². The zero-order chi connectivity index (χ0) is 13.8. The second-order valence-electron chi connectivity index (χ2n) is 6.44. The van der Waals surface area contributed by atoms with E-state index in [9.17, 15) is 0 Å². The molecule has 0 heterocycles. The van der Waals surface area contributed by atoms with Crippen LogP contribution >= 0.6 is 0 Å². The molecule has 0 saturated heterocycles. The monoisotopic (exact) mass is 259 g/mol. The van der Waals surface area contributed by atoms with Crippen molar-refractivity contribution < 1.29 is 0 Å². The summed E-state index contributed by atoms with van der Waals surface area (Å²) in [6, 6.07) is 6.91. The molecule has 1 nitrogen and oxygen atoms in total. The van der Waals surface area contributed by atoms with Crippen LogP contribution in [0.4, 0.5) is 0 Å². The smallest absolute Gasteiger partial charge is 0.0108 e. The Balaban J connectivity index is 2.02. The quantitative estimate of drug-likeness (QED) is 0.852. The third kappa shape index (κ3) is 3.60. The van der Waals surface area contributed by atoms with Crippen molar-refractivity contribution in [3.63, 3.8) is 0 Å². The molecule has 0 aliphatic heterocycles. The van der Waals surface area contributed by atoms with Gasteiger partial charge in [0.1, 0.15) is 0 Å². The van der Waals surface area contributed by atoms with Gasteiger partial charge in [-0.1, -0.05) is 44.4 Å². The van der Waals surface area contributed by atoms with Gasteiger partial charge in [-0.3, -0.25) is 0 Å². The lowest BCUT2D eigenvalue weighted by Gasteiger charge is -2.33. The molecule has 1 aliphatic carbocycles. The maximum Gasteiger partial charge on any atom is 0.0108 e. The third-order valence-electron chi connectivity index (χ3n) is 5.09. The highest BCUT2D eigenvalue weighted by Gasteiger charge is 2.26. The molecule has 0 bridgehead atoms. The molecule has 0 spiro atoms. The molecule has 2 rings (SSSR count). The van der Waals surface area contributed by atoms with E-state index in [1.807, 2.05) is 0 Å². The number of rotatable bonds is 4. The van der Waals surface area contributed by atoms with Crippen LogP contribution in [-0.2, 0) is 6.42 Å². The lowest BCUT2D eigenvalue weighted by Crippen LogP contribution is -2.35. The normalized spacial score (nSPS) is 25.3. The van der Waals surface area contributed by atoms with Crippen molar-refractivity contribution >= 4 is 0 Å². The first-order valence-corrected chi connectivity index (χ1v) is 7.92. The van der Waals surface area contributed by atoms with E-state index in [2.05, 4.69) is 39.0 Å². The van der Waals surface area contributed by atoms with Gasteiger partial charge < -0.3 is 5.73 Å². The van der Waals surface area contributed by atoms with Gasteiger partial charge in [0.2, 0.25) is 0 Å². The Bertz CT molecular complexity index is 390. The number of hydrogen-bond acceptors (Lipinski definition) is 1. The molecule has 3 atom stereocenters. The summed E-state index contributed by atoms with van der Waals surface area (Å²) in [6.07, 6.45) is 7.87. The van der Waals surface area contributed by atoms with Crippen LogP contribution in [0.5, 0.6) is 0 Å². The van der Waals surface area contributed by atoms with Crippen LogP contribution in [0.25, 0.3) is 0 Å². The molecule has 0 radical (unpaired) electrons. The van der Waals surface area contributed by atoms with Gasteiger partial charge in [-0.2, -0.15) is 0 Å². The Morgan fingerprint density at radius 1 is 1.21 bits per heavy atom. The van der Waals surface area contributed by atoms with Crippen LogP contribution in [-0.4, -0.2) is 6.04 Å². The summed E-state index contributed by atoms with van der Waals surface area (Å²) < 4.78 is 0. The fraction of sp³-hybridized carbons (Fsp3) is 0.667. The van der Waals surface area contributed by atoms with Gasteiger partial charge in [0.05, 0.1) is 0 Å². The summed E-state index contributed by atoms with van der Waals surface area (Å²) in [5.74, 6) is 1.65. The first-order chi connectivity index (χ1) is 9.11. The van der Waals surface area contributed by atoms with E-state index in [0.29, 0.717) is 6.04 Å². The highest BCUT2D eigenvalue weighted by Crippen LogP contribution is 2.33. The summed E-state index contributed by atoms with van der Waals surface area (Å²) in [4.78, 5) is 0. The van der Waals surface area contributed by atoms with Crippen LogP contribution in [0.1, 0.15) is 55.7 Å². The van der Waals surface area contributed by atoms with E-state index in [1.165, 1.54) is 48.8 Å². The Morgan fingerprint density at radius 2 is 1.89 bits per heavy atom. The van der Waals surface area contributed by atoms with Crippen LogP contribution < -0.4 is 5.73 Å². The molecule has 106 valence electrons. The Morgan fingerprint density at radius 3 is 2.53 bits per heavy atom. The van der Waals surface area contributed by atoms with Gasteiger partial charge in [0, 0.05) is 6.04 Å². The summed E-state index contributed by atoms with van der Waals surface area (Å²) in [7, 11) is 0. The van der Waals surface area contributed by atoms with Crippen LogP contribution in [0.15, 0.2) is 18.2 Å². The topological polar surface area (TPSA) is 26.0 Å². The van der Waals surface area contributed by atoms with Crippen molar-refractivity contribution in [3.05, 3.63) is 34.9 Å². The molecule has 1 saturated carbocycles. The SMILES string of the molecule is CCC1CCCC(C(N)Cc2c(C)cccc2C)C1. The molecule has 1 fully saturated rings. The average molecular weight is 259 g/mol. The first kappa shape index (κ1) is 14.6. The fourth-order valence-electron chi connectivity index (χ4n) is 3.67. The third-order valence-corrected chi connectivity index (χ3v) is 5.09. The average Bonchev–Trinajstić information content (AvgIpc) is 2.43. The number of aryl methyl sites for hydroxylation is 2. The molecule has 0 aromatic heterocycles. The zero-order valence-corrected chi connectivity index (χ0v) is 12.8. The molecule has 1 aliphatic rings. The van der Waals surface area contributed by atoms with Gasteiger partial charge in [0.25, 0.3) is 0 Å². The minimum absolute atomic E-state index is 0.342. The van der Waals surface area contributed by atoms with Crippen LogP contribution in [0, 0.1) is 25.7 Å². The summed E-state index contributed by atoms with van der Waals surface area (Å²) >= 11 is 0. The number of nitrogens with two attached hydrogens (primary N) is 1. The Labute approximate surface area is 118 Å². The predicted molar refractivity (Wildman–Crippen MR) is 83.3 cm³/mol. The van der Waals surface area contributed by atoms with Crippen molar-refractivity contribution in [2.45, 2.75) is 65.3 Å². The zero-order valence-electron chi connectivity index (χ0n) is 12.8. The first-order valence-electron chi connectivity index (χ1n) is 7.92. The van der Waals surface area contributed by atoms with E-state index >= 15 is 0 Å².